The van der Waals surface area contributed by atoms with Crippen molar-refractivity contribution < 1.29 is 9.90 Å². The van der Waals surface area contributed by atoms with E-state index in [2.05, 4.69) is 10.4 Å². The highest BCUT2D eigenvalue weighted by Gasteiger charge is 2.20. The molecule has 1 heterocycles. The number of aryl methyl sites for hydroxylation is 2. The zero-order valence-corrected chi connectivity index (χ0v) is 10.9. The number of nitrogens with zero attached hydrogens (tertiary/aromatic N) is 2. The van der Waals surface area contributed by atoms with E-state index in [1.165, 1.54) is 0 Å². The number of rotatable bonds is 6. The third-order valence-corrected chi connectivity index (χ3v) is 2.84. The summed E-state index contributed by atoms with van der Waals surface area (Å²) in [7, 11) is 1.87. The molecule has 0 saturated carbocycles. The van der Waals surface area contributed by atoms with Crippen molar-refractivity contribution in [3.8, 4) is 0 Å². The average molecular weight is 239 g/mol. The monoisotopic (exact) mass is 239 g/mol. The SMILES string of the molecule is CCCC(NC(C)c1cn(C)nc1C)C(=O)O. The molecule has 96 valence electrons. The summed E-state index contributed by atoms with van der Waals surface area (Å²) in [4.78, 5) is 11.1. The number of carboxylic acids is 1. The molecule has 0 aliphatic carbocycles. The normalized spacial score (nSPS) is 14.6. The Labute approximate surface area is 102 Å². The van der Waals surface area contributed by atoms with Crippen molar-refractivity contribution in [2.24, 2.45) is 7.05 Å². The molecule has 0 aliphatic heterocycles. The van der Waals surface area contributed by atoms with Gasteiger partial charge < -0.3 is 5.11 Å². The zero-order valence-electron chi connectivity index (χ0n) is 10.9. The molecule has 1 aromatic heterocycles. The van der Waals surface area contributed by atoms with E-state index in [0.717, 1.165) is 17.7 Å². The minimum atomic E-state index is -0.791. The van der Waals surface area contributed by atoms with Crippen LogP contribution in [0.2, 0.25) is 0 Å². The topological polar surface area (TPSA) is 67.2 Å². The van der Waals surface area contributed by atoms with Gasteiger partial charge in [-0.2, -0.15) is 5.10 Å². The van der Waals surface area contributed by atoms with Crippen LogP contribution in [-0.4, -0.2) is 26.9 Å². The maximum atomic E-state index is 11.1. The number of carboxylic acid groups (broad SMARTS) is 1. The van der Waals surface area contributed by atoms with E-state index >= 15 is 0 Å². The lowest BCUT2D eigenvalue weighted by Gasteiger charge is -2.19. The fourth-order valence-electron chi connectivity index (χ4n) is 2.00. The maximum absolute atomic E-state index is 11.1. The fraction of sp³-hybridized carbons (Fsp3) is 0.667. The largest absolute Gasteiger partial charge is 0.480 e. The molecule has 5 nitrogen and oxygen atoms in total. The molecule has 2 unspecified atom stereocenters. The van der Waals surface area contributed by atoms with Crippen LogP contribution in [0.3, 0.4) is 0 Å². The van der Waals surface area contributed by atoms with Gasteiger partial charge >= 0.3 is 5.97 Å². The van der Waals surface area contributed by atoms with E-state index in [0.29, 0.717) is 6.42 Å². The van der Waals surface area contributed by atoms with E-state index in [1.807, 2.05) is 34.0 Å². The van der Waals surface area contributed by atoms with Crippen molar-refractivity contribution in [1.29, 1.82) is 0 Å². The summed E-state index contributed by atoms with van der Waals surface area (Å²) < 4.78 is 1.75. The fourth-order valence-corrected chi connectivity index (χ4v) is 2.00. The van der Waals surface area contributed by atoms with Crippen LogP contribution in [-0.2, 0) is 11.8 Å². The van der Waals surface area contributed by atoms with Crippen LogP contribution in [0.5, 0.6) is 0 Å². The minimum Gasteiger partial charge on any atom is -0.480 e. The molecule has 2 N–H and O–H groups in total. The van der Waals surface area contributed by atoms with Crippen LogP contribution in [0.4, 0.5) is 0 Å². The summed E-state index contributed by atoms with van der Waals surface area (Å²) in [5, 5.41) is 16.5. The van der Waals surface area contributed by atoms with Crippen molar-refractivity contribution in [1.82, 2.24) is 15.1 Å². The van der Waals surface area contributed by atoms with Crippen molar-refractivity contribution in [3.63, 3.8) is 0 Å². The summed E-state index contributed by atoms with van der Waals surface area (Å²) in [6.45, 7) is 5.89. The number of hydrogen-bond donors (Lipinski definition) is 2. The minimum absolute atomic E-state index is 0.00338. The Morgan fingerprint density at radius 3 is 2.71 bits per heavy atom. The Kier molecular flexibility index (Phi) is 4.69. The van der Waals surface area contributed by atoms with Crippen molar-refractivity contribution in [2.45, 2.75) is 45.7 Å². The van der Waals surface area contributed by atoms with Gasteiger partial charge in [0.25, 0.3) is 0 Å². The van der Waals surface area contributed by atoms with Gasteiger partial charge in [0.15, 0.2) is 0 Å². The smallest absolute Gasteiger partial charge is 0.320 e. The van der Waals surface area contributed by atoms with Crippen LogP contribution in [0.15, 0.2) is 6.20 Å². The lowest BCUT2D eigenvalue weighted by atomic mass is 10.1. The van der Waals surface area contributed by atoms with E-state index < -0.39 is 12.0 Å². The Morgan fingerprint density at radius 2 is 2.29 bits per heavy atom. The molecule has 0 aliphatic rings. The average Bonchev–Trinajstić information content (AvgIpc) is 2.57. The van der Waals surface area contributed by atoms with Gasteiger partial charge in [-0.15, -0.1) is 0 Å². The first-order valence-electron chi connectivity index (χ1n) is 5.94. The summed E-state index contributed by atoms with van der Waals surface area (Å²) >= 11 is 0. The second kappa shape index (κ2) is 5.82. The summed E-state index contributed by atoms with van der Waals surface area (Å²) in [5.41, 5.74) is 1.99. The molecular formula is C12H21N3O2. The van der Waals surface area contributed by atoms with Gasteiger partial charge in [-0.05, 0) is 20.3 Å². The Morgan fingerprint density at radius 1 is 1.65 bits per heavy atom. The first-order chi connectivity index (χ1) is 7.95. The molecule has 0 radical (unpaired) electrons. The standard InChI is InChI=1S/C12H21N3O2/c1-5-6-11(12(16)17)13-8(2)10-7-15(4)14-9(10)3/h7-8,11,13H,5-6H2,1-4H3,(H,16,17). The van der Waals surface area contributed by atoms with Crippen molar-refractivity contribution >= 4 is 5.97 Å². The lowest BCUT2D eigenvalue weighted by Crippen LogP contribution is -2.38. The highest BCUT2D eigenvalue weighted by atomic mass is 16.4. The number of aromatic nitrogens is 2. The highest BCUT2D eigenvalue weighted by molar-refractivity contribution is 5.73. The van der Waals surface area contributed by atoms with Crippen LogP contribution >= 0.6 is 0 Å². The Bertz CT molecular complexity index is 387. The van der Waals surface area contributed by atoms with Crippen molar-refractivity contribution in [3.05, 3.63) is 17.5 Å². The lowest BCUT2D eigenvalue weighted by molar-refractivity contribution is -0.139. The summed E-state index contributed by atoms with van der Waals surface area (Å²) in [6.07, 6.45) is 3.42. The van der Waals surface area contributed by atoms with Crippen molar-refractivity contribution in [2.75, 3.05) is 0 Å². The Hall–Kier alpha value is -1.36. The Balaban J connectivity index is 2.73. The van der Waals surface area contributed by atoms with Gasteiger partial charge in [0, 0.05) is 24.8 Å². The molecule has 0 saturated heterocycles. The first kappa shape index (κ1) is 13.7. The maximum Gasteiger partial charge on any atom is 0.320 e. The van der Waals surface area contributed by atoms with E-state index in [9.17, 15) is 4.79 Å². The van der Waals surface area contributed by atoms with Crippen LogP contribution in [0.25, 0.3) is 0 Å². The third-order valence-electron chi connectivity index (χ3n) is 2.84. The van der Waals surface area contributed by atoms with Crippen LogP contribution < -0.4 is 5.32 Å². The molecule has 0 bridgehead atoms. The number of carbonyl (C=O) groups is 1. The quantitative estimate of drug-likeness (QED) is 0.791. The molecule has 0 aromatic carbocycles. The van der Waals surface area contributed by atoms with E-state index in [4.69, 9.17) is 5.11 Å². The molecule has 1 rings (SSSR count). The van der Waals surface area contributed by atoms with Gasteiger partial charge in [0.1, 0.15) is 6.04 Å². The predicted octanol–water partition coefficient (Wildman–Crippen LogP) is 1.63. The molecule has 0 amide bonds. The molecule has 5 heteroatoms. The van der Waals surface area contributed by atoms with Gasteiger partial charge in [-0.25, -0.2) is 0 Å². The third kappa shape index (κ3) is 3.56. The number of nitrogens with one attached hydrogen (secondary N) is 1. The van der Waals surface area contributed by atoms with E-state index in [-0.39, 0.29) is 6.04 Å². The second-order valence-corrected chi connectivity index (χ2v) is 4.41. The molecule has 0 spiro atoms. The first-order valence-corrected chi connectivity index (χ1v) is 5.94. The van der Waals surface area contributed by atoms with Gasteiger partial charge in [-0.3, -0.25) is 14.8 Å². The van der Waals surface area contributed by atoms with Gasteiger partial charge in [0.2, 0.25) is 0 Å². The summed E-state index contributed by atoms with van der Waals surface area (Å²) in [5.74, 6) is -0.791. The van der Waals surface area contributed by atoms with E-state index in [1.54, 1.807) is 4.68 Å². The van der Waals surface area contributed by atoms with Gasteiger partial charge in [0.05, 0.1) is 5.69 Å². The summed E-state index contributed by atoms with van der Waals surface area (Å²) in [6, 6.07) is -0.494. The van der Waals surface area contributed by atoms with Crippen LogP contribution in [0, 0.1) is 6.92 Å². The molecule has 1 aromatic rings. The number of aliphatic carboxylic acids is 1. The van der Waals surface area contributed by atoms with Crippen LogP contribution in [0.1, 0.15) is 44.0 Å². The second-order valence-electron chi connectivity index (χ2n) is 4.41. The molecule has 17 heavy (non-hydrogen) atoms. The zero-order chi connectivity index (χ0) is 13.0. The van der Waals surface area contributed by atoms with Gasteiger partial charge in [-0.1, -0.05) is 13.3 Å². The molecule has 0 fully saturated rings. The molecular weight excluding hydrogens is 218 g/mol. The number of hydrogen-bond acceptors (Lipinski definition) is 3. The molecule has 2 atom stereocenters. The predicted molar refractivity (Wildman–Crippen MR) is 65.8 cm³/mol. The highest BCUT2D eigenvalue weighted by Crippen LogP contribution is 2.17.